The second-order valence-electron chi connectivity index (χ2n) is 10.4. The van der Waals surface area contributed by atoms with Crippen LogP contribution in [0.1, 0.15) is 76.0 Å². The lowest BCUT2D eigenvalue weighted by Crippen LogP contribution is -2.46. The minimum Gasteiger partial charge on any atom is -0.395 e. The van der Waals surface area contributed by atoms with Gasteiger partial charge >= 0.3 is 0 Å². The highest BCUT2D eigenvalue weighted by atomic mass is 16.5. The maximum Gasteiger partial charge on any atom is 0.259 e. The lowest BCUT2D eigenvalue weighted by atomic mass is 9.62. The normalized spacial score (nSPS) is 23.4. The van der Waals surface area contributed by atoms with E-state index in [0.29, 0.717) is 19.1 Å². The molecular weight excluding hydrogens is 402 g/mol. The fraction of sp³-hybridized carbons (Fsp3) is 0.615. The number of rotatable bonds is 4. The van der Waals surface area contributed by atoms with E-state index < -0.39 is 0 Å². The van der Waals surface area contributed by atoms with Crippen LogP contribution in [0.4, 0.5) is 5.95 Å². The first-order chi connectivity index (χ1) is 15.4. The van der Waals surface area contributed by atoms with Gasteiger partial charge in [-0.1, -0.05) is 43.5 Å². The molecule has 0 unspecified atom stereocenters. The molecule has 5 rings (SSSR count). The maximum absolute atomic E-state index is 14.4. The summed E-state index contributed by atoms with van der Waals surface area (Å²) < 4.78 is 7.86. The number of fused-ring (bicyclic) bond motifs is 4. The Balaban J connectivity index is 1.74. The Bertz CT molecular complexity index is 1050. The number of nitrogens with one attached hydrogen (secondary N) is 1. The fourth-order valence-electron chi connectivity index (χ4n) is 6.27. The molecule has 1 aromatic carbocycles. The molecule has 1 saturated carbocycles. The molecule has 0 amide bonds. The van der Waals surface area contributed by atoms with Gasteiger partial charge in [-0.25, -0.2) is 4.98 Å². The third-order valence-electron chi connectivity index (χ3n) is 7.69. The Morgan fingerprint density at radius 2 is 2.00 bits per heavy atom. The van der Waals surface area contributed by atoms with Crippen molar-refractivity contribution in [2.24, 2.45) is 0 Å². The van der Waals surface area contributed by atoms with E-state index in [2.05, 4.69) is 37.4 Å². The van der Waals surface area contributed by atoms with Crippen molar-refractivity contribution in [1.82, 2.24) is 9.55 Å². The van der Waals surface area contributed by atoms with E-state index >= 15 is 0 Å². The maximum atomic E-state index is 14.4. The Morgan fingerprint density at radius 3 is 2.75 bits per heavy atom. The molecule has 32 heavy (non-hydrogen) atoms. The average molecular weight is 438 g/mol. The molecule has 1 spiro atoms. The number of aliphatic hydroxyl groups excluding tert-OH is 1. The second kappa shape index (κ2) is 8.31. The highest BCUT2D eigenvalue weighted by molar-refractivity contribution is 5.72. The smallest absolute Gasteiger partial charge is 0.259 e. The molecule has 2 heterocycles. The van der Waals surface area contributed by atoms with Crippen molar-refractivity contribution in [2.45, 2.75) is 82.3 Å². The Kier molecular flexibility index (Phi) is 5.62. The van der Waals surface area contributed by atoms with Crippen molar-refractivity contribution < 1.29 is 9.84 Å². The first-order valence-corrected chi connectivity index (χ1v) is 12.2. The van der Waals surface area contributed by atoms with Gasteiger partial charge < -0.3 is 15.2 Å². The zero-order valence-corrected chi connectivity index (χ0v) is 19.3. The van der Waals surface area contributed by atoms with Crippen LogP contribution in [-0.2, 0) is 16.6 Å². The summed E-state index contributed by atoms with van der Waals surface area (Å²) in [5.74, 6) is 0.577. The van der Waals surface area contributed by atoms with Crippen molar-refractivity contribution in [2.75, 3.05) is 25.1 Å². The van der Waals surface area contributed by atoms with Crippen LogP contribution in [-0.4, -0.2) is 40.0 Å². The van der Waals surface area contributed by atoms with Gasteiger partial charge in [0, 0.05) is 30.2 Å². The van der Waals surface area contributed by atoms with E-state index in [1.807, 2.05) is 10.6 Å². The summed E-state index contributed by atoms with van der Waals surface area (Å²) in [5.41, 5.74) is 3.87. The molecule has 6 nitrogen and oxygen atoms in total. The lowest BCUT2D eigenvalue weighted by Gasteiger charge is -2.43. The third-order valence-corrected chi connectivity index (χ3v) is 7.69. The number of hydrogen-bond acceptors (Lipinski definition) is 5. The van der Waals surface area contributed by atoms with Crippen LogP contribution in [0.5, 0.6) is 0 Å². The van der Waals surface area contributed by atoms with Crippen LogP contribution in [0.25, 0.3) is 11.3 Å². The summed E-state index contributed by atoms with van der Waals surface area (Å²) in [6.45, 7) is 5.18. The number of hydrogen-bond donors (Lipinski definition) is 2. The van der Waals surface area contributed by atoms with E-state index in [9.17, 15) is 9.90 Å². The number of nitrogens with zero attached hydrogens (tertiary/aromatic N) is 2. The molecule has 1 aliphatic heterocycles. The Morgan fingerprint density at radius 1 is 1.22 bits per heavy atom. The Hall–Kier alpha value is -2.18. The van der Waals surface area contributed by atoms with Gasteiger partial charge in [-0.15, -0.1) is 0 Å². The van der Waals surface area contributed by atoms with E-state index in [-0.39, 0.29) is 29.2 Å². The SMILES string of the molecule is CC1(C)C[C@@H](n2c(NCCO)nc3c(c2=O)C2(CCCCC2)Cc2ccccc2-3)CCO1. The lowest BCUT2D eigenvalue weighted by molar-refractivity contribution is -0.0694. The highest BCUT2D eigenvalue weighted by Gasteiger charge is 2.44. The van der Waals surface area contributed by atoms with Crippen molar-refractivity contribution in [3.05, 3.63) is 45.7 Å². The molecule has 1 aromatic heterocycles. The van der Waals surface area contributed by atoms with E-state index in [0.717, 1.165) is 61.8 Å². The number of aliphatic hydroxyl groups is 1. The first kappa shape index (κ1) is 21.7. The minimum absolute atomic E-state index is 0.00719. The molecule has 6 heteroatoms. The minimum atomic E-state index is -0.276. The van der Waals surface area contributed by atoms with Crippen LogP contribution in [0.2, 0.25) is 0 Å². The van der Waals surface area contributed by atoms with E-state index in [1.165, 1.54) is 12.0 Å². The molecule has 2 aliphatic carbocycles. The van der Waals surface area contributed by atoms with Crippen LogP contribution < -0.4 is 10.9 Å². The molecule has 172 valence electrons. The summed E-state index contributed by atoms with van der Waals surface area (Å²) in [4.78, 5) is 19.5. The summed E-state index contributed by atoms with van der Waals surface area (Å²) in [7, 11) is 0. The summed E-state index contributed by atoms with van der Waals surface area (Å²) >= 11 is 0. The van der Waals surface area contributed by atoms with E-state index in [4.69, 9.17) is 9.72 Å². The number of benzene rings is 1. The van der Waals surface area contributed by atoms with Gasteiger partial charge in [-0.2, -0.15) is 0 Å². The van der Waals surface area contributed by atoms with Crippen LogP contribution in [0.3, 0.4) is 0 Å². The van der Waals surface area contributed by atoms with Crippen molar-refractivity contribution in [3.8, 4) is 11.3 Å². The van der Waals surface area contributed by atoms with Gasteiger partial charge in [0.15, 0.2) is 0 Å². The predicted octanol–water partition coefficient (Wildman–Crippen LogP) is 4.20. The average Bonchev–Trinajstić information content (AvgIpc) is 2.77. The summed E-state index contributed by atoms with van der Waals surface area (Å²) in [5, 5.41) is 12.7. The van der Waals surface area contributed by atoms with Gasteiger partial charge in [0.25, 0.3) is 5.56 Å². The van der Waals surface area contributed by atoms with E-state index in [1.54, 1.807) is 0 Å². The number of ether oxygens (including phenoxy) is 1. The largest absolute Gasteiger partial charge is 0.395 e. The molecule has 0 radical (unpaired) electrons. The summed E-state index contributed by atoms with van der Waals surface area (Å²) in [6, 6.07) is 8.47. The molecule has 0 bridgehead atoms. The van der Waals surface area contributed by atoms with Crippen molar-refractivity contribution in [3.63, 3.8) is 0 Å². The van der Waals surface area contributed by atoms with Crippen LogP contribution >= 0.6 is 0 Å². The number of anilines is 1. The standard InChI is InChI=1S/C26H35N3O3/c1-25(2)17-19(10-15-32-25)29-23(31)21-22(28-24(29)27-13-14-30)20-9-5-4-8-18(20)16-26(21)11-6-3-7-12-26/h4-5,8-9,19,30H,3,6-7,10-17H2,1-2H3,(H,27,28)/t19-/m0/s1. The molecular formula is C26H35N3O3. The van der Waals surface area contributed by atoms with Gasteiger partial charge in [-0.05, 0) is 51.5 Å². The first-order valence-electron chi connectivity index (χ1n) is 12.2. The van der Waals surface area contributed by atoms with Gasteiger partial charge in [0.2, 0.25) is 5.95 Å². The predicted molar refractivity (Wildman–Crippen MR) is 126 cm³/mol. The van der Waals surface area contributed by atoms with Crippen LogP contribution in [0, 0.1) is 0 Å². The highest BCUT2D eigenvalue weighted by Crippen LogP contribution is 2.49. The van der Waals surface area contributed by atoms with Gasteiger partial charge in [-0.3, -0.25) is 9.36 Å². The topological polar surface area (TPSA) is 76.4 Å². The molecule has 1 atom stereocenters. The zero-order valence-electron chi connectivity index (χ0n) is 19.3. The van der Waals surface area contributed by atoms with Crippen LogP contribution in [0.15, 0.2) is 29.1 Å². The molecule has 1 saturated heterocycles. The molecule has 2 aromatic rings. The third kappa shape index (κ3) is 3.67. The van der Waals surface area contributed by atoms with Crippen molar-refractivity contribution in [1.29, 1.82) is 0 Å². The quantitative estimate of drug-likeness (QED) is 0.750. The summed E-state index contributed by atoms with van der Waals surface area (Å²) in [6.07, 6.45) is 8.15. The van der Waals surface area contributed by atoms with Gasteiger partial charge in [0.1, 0.15) is 0 Å². The molecule has 3 aliphatic rings. The van der Waals surface area contributed by atoms with Gasteiger partial charge in [0.05, 0.1) is 23.5 Å². The fourth-order valence-corrected chi connectivity index (χ4v) is 6.27. The second-order valence-corrected chi connectivity index (χ2v) is 10.4. The monoisotopic (exact) mass is 437 g/mol. The molecule has 2 fully saturated rings. The zero-order chi connectivity index (χ0) is 22.3. The number of aromatic nitrogens is 2. The Labute approximate surface area is 190 Å². The van der Waals surface area contributed by atoms with Crippen molar-refractivity contribution >= 4 is 5.95 Å². The molecule has 2 N–H and O–H groups in total.